The highest BCUT2D eigenvalue weighted by molar-refractivity contribution is 6.31. The molecule has 0 fully saturated rings. The van der Waals surface area contributed by atoms with Crippen molar-refractivity contribution in [3.8, 4) is 11.5 Å². The number of ether oxygens (including phenoxy) is 2. The van der Waals surface area contributed by atoms with Crippen molar-refractivity contribution in [2.75, 3.05) is 0 Å². The van der Waals surface area contributed by atoms with Crippen LogP contribution in [0.4, 0.5) is 4.39 Å². The van der Waals surface area contributed by atoms with Crippen molar-refractivity contribution in [1.82, 2.24) is 0 Å². The van der Waals surface area contributed by atoms with Gasteiger partial charge in [-0.2, -0.15) is 0 Å². The third kappa shape index (κ3) is 3.78. The first kappa shape index (κ1) is 18.5. The lowest BCUT2D eigenvalue weighted by Crippen LogP contribution is -2.25. The molecule has 0 radical (unpaired) electrons. The Hall–Kier alpha value is -2.27. The van der Waals surface area contributed by atoms with Crippen molar-refractivity contribution in [3.63, 3.8) is 0 Å². The highest BCUT2D eigenvalue weighted by Gasteiger charge is 2.32. The maximum atomic E-state index is 13.9. The number of carboxylic acids is 1. The fourth-order valence-electron chi connectivity index (χ4n) is 3.10. The molecule has 0 saturated carbocycles. The van der Waals surface area contributed by atoms with Crippen molar-refractivity contribution in [2.24, 2.45) is 0 Å². The molecule has 3 rings (SSSR count). The van der Waals surface area contributed by atoms with Gasteiger partial charge < -0.3 is 14.6 Å². The second kappa shape index (κ2) is 6.80. The average Bonchev–Trinajstić information content (AvgIpc) is 2.85. The van der Waals surface area contributed by atoms with E-state index >= 15 is 0 Å². The fourth-order valence-corrected chi connectivity index (χ4v) is 3.43. The lowest BCUT2D eigenvalue weighted by molar-refractivity contribution is -0.138. The van der Waals surface area contributed by atoms with E-state index in [4.69, 9.17) is 26.2 Å². The van der Waals surface area contributed by atoms with Gasteiger partial charge in [0.1, 0.15) is 29.5 Å². The van der Waals surface area contributed by atoms with E-state index in [1.165, 1.54) is 12.1 Å². The van der Waals surface area contributed by atoms with Crippen molar-refractivity contribution in [1.29, 1.82) is 0 Å². The Bertz CT molecular complexity index is 863. The molecule has 0 bridgehead atoms. The summed E-state index contributed by atoms with van der Waals surface area (Å²) in [7, 11) is 0. The summed E-state index contributed by atoms with van der Waals surface area (Å²) < 4.78 is 25.6. The first-order valence-corrected chi connectivity index (χ1v) is 8.69. The molecule has 0 aliphatic carbocycles. The lowest BCUT2D eigenvalue weighted by Gasteiger charge is -2.18. The van der Waals surface area contributed by atoms with Crippen molar-refractivity contribution in [3.05, 3.63) is 57.9 Å². The van der Waals surface area contributed by atoms with Crippen LogP contribution in [0.1, 0.15) is 43.4 Å². The number of fused-ring (bicyclic) bond motifs is 1. The Morgan fingerprint density at radius 2 is 2.12 bits per heavy atom. The van der Waals surface area contributed by atoms with Crippen molar-refractivity contribution < 1.29 is 23.8 Å². The molecule has 4 nitrogen and oxygen atoms in total. The maximum absolute atomic E-state index is 13.9. The molecule has 2 aromatic rings. The smallest absolute Gasteiger partial charge is 0.310 e. The number of halogens is 2. The molecule has 138 valence electrons. The zero-order chi connectivity index (χ0) is 19.1. The third-order valence-electron chi connectivity index (χ3n) is 4.41. The van der Waals surface area contributed by atoms with Crippen molar-refractivity contribution >= 4 is 17.6 Å². The van der Waals surface area contributed by atoms with E-state index in [1.54, 1.807) is 25.1 Å². The first-order chi connectivity index (χ1) is 12.2. The molecule has 1 heterocycles. The molecule has 0 saturated heterocycles. The van der Waals surface area contributed by atoms with Crippen LogP contribution in [0.5, 0.6) is 11.5 Å². The molecule has 0 aromatic heterocycles. The number of carboxylic acid groups (broad SMARTS) is 1. The quantitative estimate of drug-likeness (QED) is 0.798. The molecule has 6 heteroatoms. The summed E-state index contributed by atoms with van der Waals surface area (Å²) in [6, 6.07) is 7.76. The predicted octanol–water partition coefficient (Wildman–Crippen LogP) is 4.96. The summed E-state index contributed by atoms with van der Waals surface area (Å²) >= 11 is 6.18. The fraction of sp³-hybridized carbons (Fsp3) is 0.350. The lowest BCUT2D eigenvalue weighted by atomic mass is 10.0. The Morgan fingerprint density at radius 3 is 2.77 bits per heavy atom. The van der Waals surface area contributed by atoms with Crippen LogP contribution in [-0.4, -0.2) is 16.7 Å². The predicted molar refractivity (Wildman–Crippen MR) is 96.6 cm³/mol. The monoisotopic (exact) mass is 378 g/mol. The molecule has 2 aromatic carbocycles. The Labute approximate surface area is 156 Å². The van der Waals surface area contributed by atoms with Gasteiger partial charge in [0.15, 0.2) is 0 Å². The minimum absolute atomic E-state index is 0.125. The Morgan fingerprint density at radius 1 is 1.38 bits per heavy atom. The molecule has 0 spiro atoms. The van der Waals surface area contributed by atoms with Gasteiger partial charge in [-0.05, 0) is 50.6 Å². The van der Waals surface area contributed by atoms with E-state index in [0.717, 1.165) is 5.56 Å². The van der Waals surface area contributed by atoms with Crippen LogP contribution in [-0.2, 0) is 17.8 Å². The molecular weight excluding hydrogens is 359 g/mol. The average molecular weight is 379 g/mol. The minimum atomic E-state index is -0.948. The second-order valence-electron chi connectivity index (χ2n) is 7.12. The highest BCUT2D eigenvalue weighted by atomic mass is 35.5. The van der Waals surface area contributed by atoms with E-state index in [9.17, 15) is 9.18 Å². The summed E-state index contributed by atoms with van der Waals surface area (Å²) in [6.45, 7) is 5.61. The van der Waals surface area contributed by atoms with Crippen LogP contribution >= 0.6 is 11.6 Å². The van der Waals surface area contributed by atoms with Crippen LogP contribution in [0.25, 0.3) is 0 Å². The van der Waals surface area contributed by atoms with E-state index in [-0.39, 0.29) is 18.0 Å². The van der Waals surface area contributed by atoms with Gasteiger partial charge in [-0.15, -0.1) is 0 Å². The summed E-state index contributed by atoms with van der Waals surface area (Å²) in [5, 5.41) is 9.42. The summed E-state index contributed by atoms with van der Waals surface area (Å²) in [6.07, 6.45) is 0.640. The molecule has 1 unspecified atom stereocenters. The van der Waals surface area contributed by atoms with Crippen LogP contribution < -0.4 is 9.47 Å². The third-order valence-corrected chi connectivity index (χ3v) is 4.73. The molecule has 1 aliphatic heterocycles. The standard InChI is InChI=1S/C20H20ClFO4/c1-11(19(23)24)16-5-4-15(8-17(16)21)25-10-13-7-14(22)6-12-9-20(2,3)26-18(12)13/h4-8,11H,9-10H2,1-3H3,(H,23,24). The van der Waals surface area contributed by atoms with Crippen LogP contribution in [0.3, 0.4) is 0 Å². The number of hydrogen-bond donors (Lipinski definition) is 1. The van der Waals surface area contributed by atoms with Gasteiger partial charge in [-0.25, -0.2) is 4.39 Å². The SMILES string of the molecule is CC(C(=O)O)c1ccc(OCc2cc(F)cc3c2OC(C)(C)C3)cc1Cl. The second-order valence-corrected chi connectivity index (χ2v) is 7.53. The molecule has 1 aliphatic rings. The normalized spacial score (nSPS) is 15.9. The number of carbonyl (C=O) groups is 1. The van der Waals surface area contributed by atoms with Gasteiger partial charge in [-0.1, -0.05) is 17.7 Å². The van der Waals surface area contributed by atoms with Gasteiger partial charge in [0.25, 0.3) is 0 Å². The number of hydrogen-bond acceptors (Lipinski definition) is 3. The van der Waals surface area contributed by atoms with Crippen molar-refractivity contribution in [2.45, 2.75) is 45.3 Å². The van der Waals surface area contributed by atoms with Gasteiger partial charge in [0.05, 0.1) is 5.92 Å². The Kier molecular flexibility index (Phi) is 4.84. The van der Waals surface area contributed by atoms with Gasteiger partial charge in [-0.3, -0.25) is 4.79 Å². The zero-order valence-electron chi connectivity index (χ0n) is 14.8. The first-order valence-electron chi connectivity index (χ1n) is 8.31. The zero-order valence-corrected chi connectivity index (χ0v) is 15.6. The van der Waals surface area contributed by atoms with E-state index in [1.807, 2.05) is 13.8 Å². The topological polar surface area (TPSA) is 55.8 Å². The number of aliphatic carboxylic acids is 1. The van der Waals surface area contributed by atoms with Gasteiger partial charge in [0.2, 0.25) is 0 Å². The maximum Gasteiger partial charge on any atom is 0.310 e. The van der Waals surface area contributed by atoms with Crippen LogP contribution in [0.2, 0.25) is 5.02 Å². The van der Waals surface area contributed by atoms with E-state index < -0.39 is 11.9 Å². The summed E-state index contributed by atoms with van der Waals surface area (Å²) in [4.78, 5) is 11.1. The summed E-state index contributed by atoms with van der Waals surface area (Å²) in [5.74, 6) is -0.841. The van der Waals surface area contributed by atoms with E-state index in [2.05, 4.69) is 0 Å². The van der Waals surface area contributed by atoms with Crippen LogP contribution in [0, 0.1) is 5.82 Å². The minimum Gasteiger partial charge on any atom is -0.489 e. The molecular formula is C20H20ClFO4. The molecule has 1 N–H and O–H groups in total. The number of rotatable bonds is 5. The van der Waals surface area contributed by atoms with Crippen LogP contribution in [0.15, 0.2) is 30.3 Å². The Balaban J connectivity index is 1.79. The largest absolute Gasteiger partial charge is 0.489 e. The molecule has 1 atom stereocenters. The highest BCUT2D eigenvalue weighted by Crippen LogP contribution is 2.39. The van der Waals surface area contributed by atoms with Gasteiger partial charge >= 0.3 is 5.97 Å². The molecule has 0 amide bonds. The van der Waals surface area contributed by atoms with Gasteiger partial charge in [0, 0.05) is 22.6 Å². The number of benzene rings is 2. The summed E-state index contributed by atoms with van der Waals surface area (Å²) in [5.41, 5.74) is 1.60. The molecule has 26 heavy (non-hydrogen) atoms. The van der Waals surface area contributed by atoms with E-state index in [0.29, 0.717) is 34.1 Å².